The lowest BCUT2D eigenvalue weighted by Gasteiger charge is -2.35. The van der Waals surface area contributed by atoms with E-state index in [0.29, 0.717) is 12.2 Å². The maximum absolute atomic E-state index is 12.5. The van der Waals surface area contributed by atoms with E-state index in [1.807, 2.05) is 19.9 Å². The maximum Gasteiger partial charge on any atom is 0.328 e. The van der Waals surface area contributed by atoms with Crippen molar-refractivity contribution in [2.45, 2.75) is 39.3 Å². The number of thiophene rings is 1. The lowest BCUT2D eigenvalue weighted by molar-refractivity contribution is -0.149. The number of hydrogen-bond acceptors (Lipinski definition) is 4. The Kier molecular flexibility index (Phi) is 3.75. The third kappa shape index (κ3) is 2.21. The van der Waals surface area contributed by atoms with Gasteiger partial charge in [-0.2, -0.15) is 0 Å². The van der Waals surface area contributed by atoms with Gasteiger partial charge >= 0.3 is 5.97 Å². The topological polar surface area (TPSA) is 46.6 Å². The van der Waals surface area contributed by atoms with E-state index in [1.54, 1.807) is 18.7 Å². The van der Waals surface area contributed by atoms with Gasteiger partial charge in [-0.25, -0.2) is 4.79 Å². The Morgan fingerprint density at radius 1 is 1.58 bits per heavy atom. The molecule has 1 aliphatic rings. The number of rotatable bonds is 3. The zero-order valence-corrected chi connectivity index (χ0v) is 13.7. The smallest absolute Gasteiger partial charge is 0.328 e. The summed E-state index contributed by atoms with van der Waals surface area (Å²) < 4.78 is 5.95. The molecule has 0 aliphatic carbocycles. The summed E-state index contributed by atoms with van der Waals surface area (Å²) in [5, 5.41) is 0. The largest absolute Gasteiger partial charge is 0.464 e. The van der Waals surface area contributed by atoms with Crippen molar-refractivity contribution in [2.75, 3.05) is 6.61 Å². The second kappa shape index (κ2) is 4.90. The van der Waals surface area contributed by atoms with E-state index in [0.717, 1.165) is 8.66 Å². The average Bonchev–Trinajstić information content (AvgIpc) is 2.78. The number of nitrogens with zero attached hydrogens (tertiary/aromatic N) is 1. The third-order valence-electron chi connectivity index (χ3n) is 3.32. The van der Waals surface area contributed by atoms with E-state index in [2.05, 4.69) is 15.9 Å². The molecule has 0 spiro atoms. The van der Waals surface area contributed by atoms with E-state index in [-0.39, 0.29) is 11.9 Å². The molecule has 1 atom stereocenters. The van der Waals surface area contributed by atoms with Crippen LogP contribution in [0.1, 0.15) is 42.9 Å². The lowest BCUT2D eigenvalue weighted by Crippen LogP contribution is -2.49. The zero-order valence-electron chi connectivity index (χ0n) is 11.3. The second-order valence-electron chi connectivity index (χ2n) is 4.96. The Hall–Kier alpha value is -0.880. The quantitative estimate of drug-likeness (QED) is 0.790. The SMILES string of the molecule is CCOC(=O)C(C)N1C(=O)c2cc(Br)sc2C1(C)C. The van der Waals surface area contributed by atoms with E-state index in [1.165, 1.54) is 11.3 Å². The number of fused-ring (bicyclic) bond motifs is 1. The highest BCUT2D eigenvalue weighted by Gasteiger charge is 2.48. The van der Waals surface area contributed by atoms with Crippen LogP contribution in [0.5, 0.6) is 0 Å². The van der Waals surface area contributed by atoms with Crippen LogP contribution in [-0.2, 0) is 15.1 Å². The van der Waals surface area contributed by atoms with Crippen molar-refractivity contribution in [2.24, 2.45) is 0 Å². The minimum atomic E-state index is -0.583. The molecule has 6 heteroatoms. The fraction of sp³-hybridized carbons (Fsp3) is 0.538. The molecule has 0 radical (unpaired) electrons. The van der Waals surface area contributed by atoms with Gasteiger partial charge in [0, 0.05) is 4.88 Å². The molecule has 104 valence electrons. The summed E-state index contributed by atoms with van der Waals surface area (Å²) in [5.41, 5.74) is 0.188. The van der Waals surface area contributed by atoms with Gasteiger partial charge in [0.1, 0.15) is 6.04 Å². The number of amides is 1. The van der Waals surface area contributed by atoms with Crippen molar-refractivity contribution in [3.05, 3.63) is 20.3 Å². The summed E-state index contributed by atoms with van der Waals surface area (Å²) >= 11 is 4.94. The number of ether oxygens (including phenoxy) is 1. The van der Waals surface area contributed by atoms with Crippen molar-refractivity contribution in [3.63, 3.8) is 0 Å². The molecule has 4 nitrogen and oxygen atoms in total. The number of carbonyl (C=O) groups is 2. The number of esters is 1. The van der Waals surface area contributed by atoms with E-state index in [4.69, 9.17) is 4.74 Å². The Bertz CT molecular complexity index is 538. The van der Waals surface area contributed by atoms with Crippen molar-refractivity contribution in [1.82, 2.24) is 4.90 Å². The van der Waals surface area contributed by atoms with Gasteiger partial charge in [0.05, 0.1) is 21.5 Å². The fourth-order valence-electron chi connectivity index (χ4n) is 2.50. The molecular weight excluding hydrogens is 330 g/mol. The molecule has 0 saturated carbocycles. The van der Waals surface area contributed by atoms with Crippen molar-refractivity contribution in [3.8, 4) is 0 Å². The molecule has 1 unspecified atom stereocenters. The molecule has 0 fully saturated rings. The molecule has 1 aromatic heterocycles. The molecule has 2 rings (SSSR count). The fourth-order valence-corrected chi connectivity index (χ4v) is 4.19. The second-order valence-corrected chi connectivity index (χ2v) is 7.39. The van der Waals surface area contributed by atoms with E-state index >= 15 is 0 Å². The average molecular weight is 346 g/mol. The Morgan fingerprint density at radius 3 is 2.74 bits per heavy atom. The first-order valence-electron chi connectivity index (χ1n) is 6.10. The van der Waals surface area contributed by atoms with Crippen LogP contribution in [0.25, 0.3) is 0 Å². The lowest BCUT2D eigenvalue weighted by atomic mass is 10.0. The van der Waals surface area contributed by atoms with Gasteiger partial charge in [-0.3, -0.25) is 4.79 Å². The minimum absolute atomic E-state index is 0.109. The number of carbonyl (C=O) groups excluding carboxylic acids is 2. The monoisotopic (exact) mass is 345 g/mol. The van der Waals surface area contributed by atoms with Crippen molar-refractivity contribution >= 4 is 39.1 Å². The Balaban J connectivity index is 2.37. The number of halogens is 1. The minimum Gasteiger partial charge on any atom is -0.464 e. The number of hydrogen-bond donors (Lipinski definition) is 0. The zero-order chi connectivity index (χ0) is 14.4. The van der Waals surface area contributed by atoms with Gasteiger partial charge < -0.3 is 9.64 Å². The first-order chi connectivity index (χ1) is 8.80. The molecular formula is C13H16BrNO3S. The van der Waals surface area contributed by atoms with Crippen LogP contribution in [-0.4, -0.2) is 29.4 Å². The molecule has 0 N–H and O–H groups in total. The molecule has 0 saturated heterocycles. The third-order valence-corrected chi connectivity index (χ3v) is 5.28. The predicted octanol–water partition coefficient (Wildman–Crippen LogP) is 3.15. The summed E-state index contributed by atoms with van der Waals surface area (Å²) in [6.45, 7) is 7.70. The van der Waals surface area contributed by atoms with E-state index in [9.17, 15) is 9.59 Å². The van der Waals surface area contributed by atoms with Gasteiger partial charge in [0.2, 0.25) is 0 Å². The van der Waals surface area contributed by atoms with Gasteiger partial charge in [-0.05, 0) is 49.7 Å². The molecule has 0 bridgehead atoms. The van der Waals surface area contributed by atoms with Crippen LogP contribution in [0.4, 0.5) is 0 Å². The molecule has 1 amide bonds. The standard InChI is InChI=1S/C13H16BrNO3S/c1-5-18-12(17)7(2)15-11(16)8-6-9(14)19-10(8)13(15,3)4/h6-7H,5H2,1-4H3. The highest BCUT2D eigenvalue weighted by Crippen LogP contribution is 2.46. The molecule has 1 aliphatic heterocycles. The maximum atomic E-state index is 12.5. The first-order valence-corrected chi connectivity index (χ1v) is 7.71. The van der Waals surface area contributed by atoms with Crippen LogP contribution in [0.3, 0.4) is 0 Å². The molecule has 19 heavy (non-hydrogen) atoms. The Morgan fingerprint density at radius 2 is 2.21 bits per heavy atom. The van der Waals surface area contributed by atoms with Crippen LogP contribution >= 0.6 is 27.3 Å². The van der Waals surface area contributed by atoms with Crippen molar-refractivity contribution in [1.29, 1.82) is 0 Å². The molecule has 1 aromatic rings. The van der Waals surface area contributed by atoms with Crippen LogP contribution in [0.15, 0.2) is 9.85 Å². The summed E-state index contributed by atoms with van der Waals surface area (Å²) in [6.07, 6.45) is 0. The Labute approximate surface area is 124 Å². The summed E-state index contributed by atoms with van der Waals surface area (Å²) in [4.78, 5) is 27.0. The van der Waals surface area contributed by atoms with Gasteiger partial charge in [-0.1, -0.05) is 0 Å². The van der Waals surface area contributed by atoms with Gasteiger partial charge in [-0.15, -0.1) is 11.3 Å². The predicted molar refractivity (Wildman–Crippen MR) is 77.3 cm³/mol. The van der Waals surface area contributed by atoms with Crippen LogP contribution < -0.4 is 0 Å². The van der Waals surface area contributed by atoms with E-state index < -0.39 is 11.6 Å². The highest BCUT2D eigenvalue weighted by atomic mass is 79.9. The molecule has 2 heterocycles. The van der Waals surface area contributed by atoms with Gasteiger partial charge in [0.15, 0.2) is 0 Å². The molecule has 0 aromatic carbocycles. The highest BCUT2D eigenvalue weighted by molar-refractivity contribution is 9.11. The summed E-state index contributed by atoms with van der Waals surface area (Å²) in [5.74, 6) is -0.472. The summed E-state index contributed by atoms with van der Waals surface area (Å²) in [7, 11) is 0. The van der Waals surface area contributed by atoms with Crippen LogP contribution in [0.2, 0.25) is 0 Å². The van der Waals surface area contributed by atoms with Gasteiger partial charge in [0.25, 0.3) is 5.91 Å². The van der Waals surface area contributed by atoms with Crippen LogP contribution in [0, 0.1) is 0 Å². The summed E-state index contributed by atoms with van der Waals surface area (Å²) in [6, 6.07) is 1.24. The van der Waals surface area contributed by atoms with Crippen molar-refractivity contribution < 1.29 is 14.3 Å². The first kappa shape index (κ1) is 14.5. The normalized spacial score (nSPS) is 18.4.